The maximum Gasteiger partial charge on any atom is 0.0556 e. The molecule has 0 amide bonds. The van der Waals surface area contributed by atoms with Crippen molar-refractivity contribution in [2.24, 2.45) is 16.8 Å². The zero-order valence-corrected chi connectivity index (χ0v) is 13.2. The molecule has 1 aromatic carbocycles. The summed E-state index contributed by atoms with van der Waals surface area (Å²) in [4.78, 5) is 5.12. The highest BCUT2D eigenvalue weighted by molar-refractivity contribution is 5.79. The Balaban J connectivity index is 1.72. The third-order valence-corrected chi connectivity index (χ3v) is 5.46. The van der Waals surface area contributed by atoms with Crippen LogP contribution in [-0.4, -0.2) is 12.3 Å². The number of benzene rings is 1. The molecule has 0 N–H and O–H groups in total. The molecule has 0 aromatic heterocycles. The first kappa shape index (κ1) is 14.8. The fourth-order valence-electron chi connectivity index (χ4n) is 4.29. The number of hydrogen-bond donors (Lipinski definition) is 0. The van der Waals surface area contributed by atoms with Crippen molar-refractivity contribution >= 4 is 6.21 Å². The van der Waals surface area contributed by atoms with Gasteiger partial charge in [-0.05, 0) is 43.1 Å². The topological polar surface area (TPSA) is 12.4 Å². The van der Waals surface area contributed by atoms with Gasteiger partial charge in [-0.2, -0.15) is 0 Å². The summed E-state index contributed by atoms with van der Waals surface area (Å²) in [6, 6.07) is 11.2. The number of aliphatic imine (C=N–C) groups is 1. The van der Waals surface area contributed by atoms with Gasteiger partial charge in [-0.3, -0.25) is 4.99 Å². The smallest absolute Gasteiger partial charge is 0.0556 e. The highest BCUT2D eigenvalue weighted by atomic mass is 14.8. The van der Waals surface area contributed by atoms with Gasteiger partial charge >= 0.3 is 0 Å². The van der Waals surface area contributed by atoms with Gasteiger partial charge in [0.1, 0.15) is 0 Å². The van der Waals surface area contributed by atoms with E-state index in [0.717, 1.165) is 11.8 Å². The minimum Gasteiger partial charge on any atom is -0.289 e. The molecule has 0 spiro atoms. The van der Waals surface area contributed by atoms with Crippen LogP contribution in [0.5, 0.6) is 0 Å². The van der Waals surface area contributed by atoms with Crippen LogP contribution in [-0.2, 0) is 0 Å². The molecule has 2 aliphatic rings. The lowest BCUT2D eigenvalue weighted by molar-refractivity contribution is 0.207. The summed E-state index contributed by atoms with van der Waals surface area (Å²) in [7, 11) is 0. The zero-order valence-electron chi connectivity index (χ0n) is 13.2. The summed E-state index contributed by atoms with van der Waals surface area (Å²) in [5.41, 5.74) is 1.26. The van der Waals surface area contributed by atoms with E-state index in [-0.39, 0.29) is 0 Å². The lowest BCUT2D eigenvalue weighted by Crippen LogP contribution is -2.31. The van der Waals surface area contributed by atoms with Gasteiger partial charge in [-0.15, -0.1) is 0 Å². The second-order valence-electron chi connectivity index (χ2n) is 6.98. The number of rotatable bonds is 4. The van der Waals surface area contributed by atoms with Crippen molar-refractivity contribution in [1.82, 2.24) is 0 Å². The van der Waals surface area contributed by atoms with Gasteiger partial charge in [-0.25, -0.2) is 0 Å². The summed E-state index contributed by atoms with van der Waals surface area (Å²) >= 11 is 0. The van der Waals surface area contributed by atoms with Crippen molar-refractivity contribution in [3.8, 4) is 0 Å². The van der Waals surface area contributed by atoms with Crippen LogP contribution in [0.4, 0.5) is 0 Å². The Hall–Kier alpha value is -1.11. The van der Waals surface area contributed by atoms with Crippen molar-refractivity contribution in [3.05, 3.63) is 35.9 Å². The molecule has 0 heterocycles. The third-order valence-electron chi connectivity index (χ3n) is 5.46. The maximum absolute atomic E-state index is 5.12. The normalized spacial score (nSPS) is 22.1. The molecule has 0 atom stereocenters. The van der Waals surface area contributed by atoms with Crippen molar-refractivity contribution < 1.29 is 0 Å². The SMILES string of the molecule is C(=NC(C1CCCCC1)C1CCCCC1)c1ccccc1. The van der Waals surface area contributed by atoms with E-state index in [4.69, 9.17) is 4.99 Å². The van der Waals surface area contributed by atoms with Gasteiger partial charge in [0.15, 0.2) is 0 Å². The number of hydrogen-bond acceptors (Lipinski definition) is 1. The highest BCUT2D eigenvalue weighted by Gasteiger charge is 2.30. The van der Waals surface area contributed by atoms with E-state index in [1.807, 2.05) is 0 Å². The molecule has 0 radical (unpaired) electrons. The van der Waals surface area contributed by atoms with E-state index in [9.17, 15) is 0 Å². The van der Waals surface area contributed by atoms with E-state index >= 15 is 0 Å². The predicted octanol–water partition coefficient (Wildman–Crippen LogP) is 5.63. The Bertz CT molecular complexity index is 406. The minimum absolute atomic E-state index is 0.589. The molecule has 1 nitrogen and oxygen atoms in total. The van der Waals surface area contributed by atoms with Crippen LogP contribution in [0.25, 0.3) is 0 Å². The Labute approximate surface area is 129 Å². The van der Waals surface area contributed by atoms with E-state index < -0.39 is 0 Å². The van der Waals surface area contributed by atoms with Crippen LogP contribution < -0.4 is 0 Å². The fraction of sp³-hybridized carbons (Fsp3) is 0.650. The first-order chi connectivity index (χ1) is 10.4. The average molecular weight is 283 g/mol. The first-order valence-corrected chi connectivity index (χ1v) is 9.02. The van der Waals surface area contributed by atoms with Gasteiger partial charge in [-0.1, -0.05) is 68.9 Å². The van der Waals surface area contributed by atoms with E-state index in [0.29, 0.717) is 6.04 Å². The van der Waals surface area contributed by atoms with E-state index in [1.54, 1.807) is 0 Å². The van der Waals surface area contributed by atoms with Gasteiger partial charge < -0.3 is 0 Å². The summed E-state index contributed by atoms with van der Waals surface area (Å²) in [5, 5.41) is 0. The largest absolute Gasteiger partial charge is 0.289 e. The molecule has 0 unspecified atom stereocenters. The maximum atomic E-state index is 5.12. The predicted molar refractivity (Wildman–Crippen MR) is 91.0 cm³/mol. The van der Waals surface area contributed by atoms with Gasteiger partial charge in [0.2, 0.25) is 0 Å². The van der Waals surface area contributed by atoms with Crippen molar-refractivity contribution in [1.29, 1.82) is 0 Å². The molecular formula is C20H29N. The molecule has 1 heteroatoms. The summed E-state index contributed by atoms with van der Waals surface area (Å²) in [6.45, 7) is 0. The molecule has 2 fully saturated rings. The van der Waals surface area contributed by atoms with Crippen molar-refractivity contribution in [2.45, 2.75) is 70.3 Å². The molecule has 2 saturated carbocycles. The summed E-state index contributed by atoms with van der Waals surface area (Å²) < 4.78 is 0. The lowest BCUT2D eigenvalue weighted by Gasteiger charge is -2.35. The molecule has 0 aliphatic heterocycles. The van der Waals surface area contributed by atoms with Crippen molar-refractivity contribution in [2.75, 3.05) is 0 Å². The van der Waals surface area contributed by atoms with Crippen LogP contribution in [0.3, 0.4) is 0 Å². The fourth-order valence-corrected chi connectivity index (χ4v) is 4.29. The molecule has 1 aromatic rings. The zero-order chi connectivity index (χ0) is 14.3. The van der Waals surface area contributed by atoms with Gasteiger partial charge in [0.05, 0.1) is 6.04 Å². The number of nitrogens with zero attached hydrogens (tertiary/aromatic N) is 1. The molecule has 114 valence electrons. The average Bonchev–Trinajstić information content (AvgIpc) is 2.58. The van der Waals surface area contributed by atoms with E-state index in [2.05, 4.69) is 36.5 Å². The quantitative estimate of drug-likeness (QED) is 0.635. The van der Waals surface area contributed by atoms with Crippen molar-refractivity contribution in [3.63, 3.8) is 0 Å². The van der Waals surface area contributed by atoms with Crippen LogP contribution in [0.2, 0.25) is 0 Å². The van der Waals surface area contributed by atoms with Crippen LogP contribution in [0.15, 0.2) is 35.3 Å². The molecule has 21 heavy (non-hydrogen) atoms. The molecule has 0 bridgehead atoms. The minimum atomic E-state index is 0.589. The van der Waals surface area contributed by atoms with E-state index in [1.165, 1.54) is 69.8 Å². The van der Waals surface area contributed by atoms with Crippen LogP contribution >= 0.6 is 0 Å². The highest BCUT2D eigenvalue weighted by Crippen LogP contribution is 2.37. The third kappa shape index (κ3) is 4.18. The summed E-state index contributed by atoms with van der Waals surface area (Å²) in [6.07, 6.45) is 16.4. The van der Waals surface area contributed by atoms with Crippen LogP contribution in [0.1, 0.15) is 69.8 Å². The Morgan fingerprint density at radius 2 is 1.29 bits per heavy atom. The Morgan fingerprint density at radius 1 is 0.762 bits per heavy atom. The Kier molecular flexibility index (Phi) is 5.48. The van der Waals surface area contributed by atoms with Crippen LogP contribution in [0, 0.1) is 11.8 Å². The molecule has 3 rings (SSSR count). The molecular weight excluding hydrogens is 254 g/mol. The first-order valence-electron chi connectivity index (χ1n) is 9.02. The second-order valence-corrected chi connectivity index (χ2v) is 6.98. The monoisotopic (exact) mass is 283 g/mol. The van der Waals surface area contributed by atoms with Gasteiger partial charge in [0, 0.05) is 6.21 Å². The van der Waals surface area contributed by atoms with Gasteiger partial charge in [0.25, 0.3) is 0 Å². The Morgan fingerprint density at radius 3 is 1.81 bits per heavy atom. The summed E-state index contributed by atoms with van der Waals surface area (Å²) in [5.74, 6) is 1.70. The molecule has 0 saturated heterocycles. The second kappa shape index (κ2) is 7.77. The molecule has 2 aliphatic carbocycles. The standard InChI is InChI=1S/C20H29N/c1-4-10-17(11-5-1)16-21-20(18-12-6-2-7-13-18)19-14-8-3-9-15-19/h1,4-5,10-11,16,18-20H,2-3,6-9,12-15H2. The lowest BCUT2D eigenvalue weighted by atomic mass is 9.74.